The lowest BCUT2D eigenvalue weighted by Crippen LogP contribution is -1.98. The van der Waals surface area contributed by atoms with Gasteiger partial charge in [-0.25, -0.2) is 4.79 Å². The van der Waals surface area contributed by atoms with Crippen molar-refractivity contribution in [3.8, 4) is 5.75 Å². The first-order valence-corrected chi connectivity index (χ1v) is 4.53. The molecule has 0 radical (unpaired) electrons. The molecule has 2 rings (SSSR count). The van der Waals surface area contributed by atoms with Crippen molar-refractivity contribution in [3.05, 3.63) is 29.5 Å². The summed E-state index contributed by atoms with van der Waals surface area (Å²) in [5.74, 6) is -1.30. The number of benzene rings is 1. The van der Waals surface area contributed by atoms with E-state index in [2.05, 4.69) is 0 Å². The maximum Gasteiger partial charge on any atom is 0.340 e. The van der Waals surface area contributed by atoms with Crippen molar-refractivity contribution in [1.29, 1.82) is 0 Å². The van der Waals surface area contributed by atoms with Gasteiger partial charge < -0.3 is 14.8 Å². The van der Waals surface area contributed by atoms with Crippen LogP contribution in [0.2, 0.25) is 0 Å². The number of hydrogen-bond donors (Lipinski definition) is 2. The fourth-order valence-corrected chi connectivity index (χ4v) is 1.76. The van der Waals surface area contributed by atoms with E-state index in [0.717, 1.165) is 11.2 Å². The molecule has 0 atom stereocenters. The highest BCUT2D eigenvalue weighted by Gasteiger charge is 2.16. The Balaban J connectivity index is 2.94. The Hall–Kier alpha value is -1.97. The van der Waals surface area contributed by atoms with E-state index in [0.29, 0.717) is 5.39 Å². The molecule has 1 aromatic carbocycles. The van der Waals surface area contributed by atoms with Crippen molar-refractivity contribution >= 4 is 16.9 Å². The average Bonchev–Trinajstić information content (AvgIpc) is 2.42. The smallest absolute Gasteiger partial charge is 0.340 e. The summed E-state index contributed by atoms with van der Waals surface area (Å²) >= 11 is 0. The molecule has 15 heavy (non-hydrogen) atoms. The second kappa shape index (κ2) is 3.02. The van der Waals surface area contributed by atoms with Gasteiger partial charge in [0.1, 0.15) is 11.3 Å². The summed E-state index contributed by atoms with van der Waals surface area (Å²) in [4.78, 5) is 11.0. The highest BCUT2D eigenvalue weighted by atomic mass is 16.4. The standard InChI is InChI=1S/C11H11NO3/c1-6-5-7-8(12(6)2)3-4-9(13)10(7)11(14)15/h3-5,13H,1-2H3,(H,14,15). The molecule has 0 unspecified atom stereocenters. The molecule has 0 fully saturated rings. The van der Waals surface area contributed by atoms with Crippen molar-refractivity contribution in [3.63, 3.8) is 0 Å². The molecule has 0 aliphatic carbocycles. The van der Waals surface area contributed by atoms with Crippen LogP contribution in [0.25, 0.3) is 10.9 Å². The molecule has 4 heteroatoms. The van der Waals surface area contributed by atoms with Crippen LogP contribution in [0.3, 0.4) is 0 Å². The van der Waals surface area contributed by atoms with Gasteiger partial charge >= 0.3 is 5.97 Å². The Kier molecular flexibility index (Phi) is 1.93. The Bertz CT molecular complexity index is 554. The lowest BCUT2D eigenvalue weighted by Gasteiger charge is -2.02. The van der Waals surface area contributed by atoms with Gasteiger partial charge in [0.15, 0.2) is 0 Å². The molecule has 0 aliphatic rings. The van der Waals surface area contributed by atoms with Gasteiger partial charge in [-0.1, -0.05) is 0 Å². The third kappa shape index (κ3) is 1.26. The molecule has 0 saturated carbocycles. The summed E-state index contributed by atoms with van der Waals surface area (Å²) < 4.78 is 1.89. The summed E-state index contributed by atoms with van der Waals surface area (Å²) in [6, 6.07) is 4.88. The predicted molar refractivity (Wildman–Crippen MR) is 56.3 cm³/mol. The number of hydrogen-bond acceptors (Lipinski definition) is 2. The SMILES string of the molecule is Cc1cc2c(C(=O)O)c(O)ccc2n1C. The van der Waals surface area contributed by atoms with E-state index in [9.17, 15) is 9.90 Å². The largest absolute Gasteiger partial charge is 0.507 e. The van der Waals surface area contributed by atoms with Crippen LogP contribution in [-0.2, 0) is 7.05 Å². The Morgan fingerprint density at radius 3 is 2.67 bits per heavy atom. The van der Waals surface area contributed by atoms with E-state index in [1.165, 1.54) is 6.07 Å². The van der Waals surface area contributed by atoms with Gasteiger partial charge in [-0.15, -0.1) is 0 Å². The summed E-state index contributed by atoms with van der Waals surface area (Å²) in [5, 5.41) is 19.1. The van der Waals surface area contributed by atoms with E-state index in [4.69, 9.17) is 5.11 Å². The number of carboxylic acids is 1. The Morgan fingerprint density at radius 2 is 2.07 bits per heavy atom. The molecule has 0 spiro atoms. The molecular weight excluding hydrogens is 194 g/mol. The first-order valence-electron chi connectivity index (χ1n) is 4.53. The maximum absolute atomic E-state index is 11.0. The quantitative estimate of drug-likeness (QED) is 0.747. The van der Waals surface area contributed by atoms with E-state index in [1.807, 2.05) is 18.5 Å². The van der Waals surface area contributed by atoms with Crippen LogP contribution in [0.4, 0.5) is 0 Å². The van der Waals surface area contributed by atoms with E-state index < -0.39 is 5.97 Å². The second-order valence-corrected chi connectivity index (χ2v) is 3.54. The number of aromatic carboxylic acids is 1. The Labute approximate surface area is 86.4 Å². The van der Waals surface area contributed by atoms with Crippen molar-refractivity contribution in [2.75, 3.05) is 0 Å². The van der Waals surface area contributed by atoms with Crippen LogP contribution in [-0.4, -0.2) is 20.7 Å². The molecule has 0 bridgehead atoms. The number of aryl methyl sites for hydroxylation is 2. The lowest BCUT2D eigenvalue weighted by atomic mass is 10.1. The third-order valence-electron chi connectivity index (χ3n) is 2.66. The second-order valence-electron chi connectivity index (χ2n) is 3.54. The van der Waals surface area contributed by atoms with Gasteiger partial charge in [0.05, 0.1) is 0 Å². The number of rotatable bonds is 1. The lowest BCUT2D eigenvalue weighted by molar-refractivity contribution is 0.0696. The summed E-state index contributed by atoms with van der Waals surface area (Å²) in [7, 11) is 1.86. The molecule has 1 aromatic heterocycles. The first kappa shape index (κ1) is 9.58. The monoisotopic (exact) mass is 205 g/mol. The number of fused-ring (bicyclic) bond motifs is 1. The predicted octanol–water partition coefficient (Wildman–Crippen LogP) is 1.89. The molecule has 1 heterocycles. The van der Waals surface area contributed by atoms with Crippen LogP contribution >= 0.6 is 0 Å². The van der Waals surface area contributed by atoms with Crippen LogP contribution in [0.15, 0.2) is 18.2 Å². The number of carboxylic acid groups (broad SMARTS) is 1. The van der Waals surface area contributed by atoms with Gasteiger partial charge in [-0.2, -0.15) is 0 Å². The number of nitrogens with zero attached hydrogens (tertiary/aromatic N) is 1. The molecule has 0 saturated heterocycles. The molecular formula is C11H11NO3. The van der Waals surface area contributed by atoms with Gasteiger partial charge in [0, 0.05) is 23.6 Å². The summed E-state index contributed by atoms with van der Waals surface area (Å²) in [6.07, 6.45) is 0. The minimum atomic E-state index is -1.11. The van der Waals surface area contributed by atoms with E-state index >= 15 is 0 Å². The minimum absolute atomic E-state index is 0.0313. The van der Waals surface area contributed by atoms with E-state index in [-0.39, 0.29) is 11.3 Å². The van der Waals surface area contributed by atoms with Crippen molar-refractivity contribution in [2.45, 2.75) is 6.92 Å². The Morgan fingerprint density at radius 1 is 1.40 bits per heavy atom. The number of phenols is 1. The number of aromatic nitrogens is 1. The van der Waals surface area contributed by atoms with Gasteiger partial charge in [0.25, 0.3) is 0 Å². The zero-order chi connectivity index (χ0) is 11.2. The van der Waals surface area contributed by atoms with Gasteiger partial charge in [0.2, 0.25) is 0 Å². The fraction of sp³-hybridized carbons (Fsp3) is 0.182. The minimum Gasteiger partial charge on any atom is -0.507 e. The topological polar surface area (TPSA) is 62.5 Å². The van der Waals surface area contributed by atoms with Crippen molar-refractivity contribution < 1.29 is 15.0 Å². The zero-order valence-electron chi connectivity index (χ0n) is 8.48. The molecule has 2 aromatic rings. The van der Waals surface area contributed by atoms with Crippen molar-refractivity contribution in [2.24, 2.45) is 7.05 Å². The number of carbonyl (C=O) groups is 1. The number of aromatic hydroxyl groups is 1. The zero-order valence-corrected chi connectivity index (χ0v) is 8.48. The third-order valence-corrected chi connectivity index (χ3v) is 2.66. The summed E-state index contributed by atoms with van der Waals surface area (Å²) in [5.41, 5.74) is 1.73. The molecule has 2 N–H and O–H groups in total. The molecule has 0 aliphatic heterocycles. The normalized spacial score (nSPS) is 10.8. The van der Waals surface area contributed by atoms with Crippen molar-refractivity contribution in [1.82, 2.24) is 4.57 Å². The van der Waals surface area contributed by atoms with Crippen LogP contribution < -0.4 is 0 Å². The molecule has 4 nitrogen and oxygen atoms in total. The van der Waals surface area contributed by atoms with Crippen LogP contribution in [0, 0.1) is 6.92 Å². The van der Waals surface area contributed by atoms with Gasteiger partial charge in [-0.3, -0.25) is 0 Å². The highest BCUT2D eigenvalue weighted by molar-refractivity contribution is 6.05. The maximum atomic E-state index is 11.0. The van der Waals surface area contributed by atoms with E-state index in [1.54, 1.807) is 12.1 Å². The van der Waals surface area contributed by atoms with Crippen LogP contribution in [0.5, 0.6) is 5.75 Å². The molecule has 0 amide bonds. The molecule has 78 valence electrons. The van der Waals surface area contributed by atoms with Gasteiger partial charge in [-0.05, 0) is 25.1 Å². The summed E-state index contributed by atoms with van der Waals surface area (Å²) in [6.45, 7) is 1.89. The highest BCUT2D eigenvalue weighted by Crippen LogP contribution is 2.29. The van der Waals surface area contributed by atoms with Crippen LogP contribution in [0.1, 0.15) is 16.1 Å². The fourth-order valence-electron chi connectivity index (χ4n) is 1.76. The first-order chi connectivity index (χ1) is 7.02. The average molecular weight is 205 g/mol.